The smallest absolute Gasteiger partial charge is 0.134 e. The zero-order valence-electron chi connectivity index (χ0n) is 11.0. The van der Waals surface area contributed by atoms with Gasteiger partial charge in [-0.05, 0) is 19.8 Å². The highest BCUT2D eigenvalue weighted by Crippen LogP contribution is 2.22. The highest BCUT2D eigenvalue weighted by atomic mass is 15.3. The summed E-state index contributed by atoms with van der Waals surface area (Å²) in [4.78, 5) is 13.6. The molecule has 1 N–H and O–H groups in total. The van der Waals surface area contributed by atoms with Gasteiger partial charge in [-0.1, -0.05) is 0 Å². The second-order valence-corrected chi connectivity index (χ2v) is 5.18. The van der Waals surface area contributed by atoms with E-state index < -0.39 is 0 Å². The Morgan fingerprint density at radius 2 is 1.94 bits per heavy atom. The molecule has 0 amide bonds. The Labute approximate surface area is 108 Å². The second kappa shape index (κ2) is 5.10. The van der Waals surface area contributed by atoms with Crippen LogP contribution in [0.2, 0.25) is 0 Å². The summed E-state index contributed by atoms with van der Waals surface area (Å²) in [5.74, 6) is 2.16. The van der Waals surface area contributed by atoms with Gasteiger partial charge in [0.2, 0.25) is 0 Å². The minimum absolute atomic E-state index is 0.500. The molecule has 3 heterocycles. The maximum atomic E-state index is 4.45. The van der Waals surface area contributed by atoms with E-state index in [1.807, 2.05) is 0 Å². The van der Waals surface area contributed by atoms with Crippen molar-refractivity contribution in [1.29, 1.82) is 0 Å². The van der Waals surface area contributed by atoms with Crippen LogP contribution in [0.15, 0.2) is 12.4 Å². The van der Waals surface area contributed by atoms with Crippen LogP contribution in [0.5, 0.6) is 0 Å². The number of aromatic nitrogens is 2. The number of piperazine rings is 1. The first-order chi connectivity index (χ1) is 8.84. The van der Waals surface area contributed by atoms with Crippen LogP contribution in [0.4, 0.5) is 11.6 Å². The lowest BCUT2D eigenvalue weighted by molar-refractivity contribution is 0.497. The SMILES string of the molecule is C[C@H]1CNCCN1c1cc(N2CCCC2)ncn1. The first-order valence-electron chi connectivity index (χ1n) is 6.89. The van der Waals surface area contributed by atoms with Gasteiger partial charge in [0.25, 0.3) is 0 Å². The van der Waals surface area contributed by atoms with Gasteiger partial charge in [0.1, 0.15) is 18.0 Å². The minimum Gasteiger partial charge on any atom is -0.356 e. The summed E-state index contributed by atoms with van der Waals surface area (Å²) < 4.78 is 0. The summed E-state index contributed by atoms with van der Waals surface area (Å²) in [5.41, 5.74) is 0. The molecular weight excluding hydrogens is 226 g/mol. The van der Waals surface area contributed by atoms with Gasteiger partial charge in [-0.15, -0.1) is 0 Å². The van der Waals surface area contributed by atoms with Crippen LogP contribution in [0.25, 0.3) is 0 Å². The molecule has 2 aliphatic heterocycles. The lowest BCUT2D eigenvalue weighted by atomic mass is 10.2. The molecule has 0 radical (unpaired) electrons. The fourth-order valence-electron chi connectivity index (χ4n) is 2.79. The van der Waals surface area contributed by atoms with Crippen molar-refractivity contribution < 1.29 is 0 Å². The maximum Gasteiger partial charge on any atom is 0.134 e. The van der Waals surface area contributed by atoms with E-state index in [-0.39, 0.29) is 0 Å². The molecule has 0 bridgehead atoms. The third-order valence-corrected chi connectivity index (χ3v) is 3.86. The molecule has 0 aliphatic carbocycles. The topological polar surface area (TPSA) is 44.3 Å². The molecule has 98 valence electrons. The molecule has 3 rings (SSSR count). The highest BCUT2D eigenvalue weighted by Gasteiger charge is 2.21. The Hall–Kier alpha value is -1.36. The largest absolute Gasteiger partial charge is 0.356 e. The molecule has 18 heavy (non-hydrogen) atoms. The summed E-state index contributed by atoms with van der Waals surface area (Å²) in [5, 5.41) is 3.41. The van der Waals surface area contributed by atoms with Crippen molar-refractivity contribution in [3.05, 3.63) is 12.4 Å². The Morgan fingerprint density at radius 1 is 1.17 bits per heavy atom. The van der Waals surface area contributed by atoms with Gasteiger partial charge in [-0.2, -0.15) is 0 Å². The number of anilines is 2. The third-order valence-electron chi connectivity index (χ3n) is 3.86. The number of nitrogens with zero attached hydrogens (tertiary/aromatic N) is 4. The van der Waals surface area contributed by atoms with E-state index in [1.54, 1.807) is 6.33 Å². The summed E-state index contributed by atoms with van der Waals surface area (Å²) in [6.07, 6.45) is 4.27. The molecule has 1 aromatic rings. The molecule has 1 aromatic heterocycles. The maximum absolute atomic E-state index is 4.45. The number of rotatable bonds is 2. The van der Waals surface area contributed by atoms with Crippen LogP contribution in [0.1, 0.15) is 19.8 Å². The minimum atomic E-state index is 0.500. The third kappa shape index (κ3) is 2.27. The molecule has 0 aromatic carbocycles. The van der Waals surface area contributed by atoms with E-state index in [0.717, 1.165) is 44.4 Å². The van der Waals surface area contributed by atoms with E-state index in [1.165, 1.54) is 12.8 Å². The Kier molecular flexibility index (Phi) is 3.32. The van der Waals surface area contributed by atoms with Gasteiger partial charge in [-0.25, -0.2) is 9.97 Å². The predicted molar refractivity (Wildman–Crippen MR) is 73.2 cm³/mol. The molecular formula is C13H21N5. The lowest BCUT2D eigenvalue weighted by Gasteiger charge is -2.35. The Balaban J connectivity index is 1.81. The molecule has 1 atom stereocenters. The summed E-state index contributed by atoms with van der Waals surface area (Å²) in [6, 6.07) is 2.65. The normalized spacial score (nSPS) is 24.6. The summed E-state index contributed by atoms with van der Waals surface area (Å²) in [6.45, 7) is 7.60. The molecule has 2 saturated heterocycles. The zero-order chi connectivity index (χ0) is 12.4. The van der Waals surface area contributed by atoms with Crippen molar-refractivity contribution in [2.24, 2.45) is 0 Å². The lowest BCUT2D eigenvalue weighted by Crippen LogP contribution is -2.50. The fraction of sp³-hybridized carbons (Fsp3) is 0.692. The van der Waals surface area contributed by atoms with Gasteiger partial charge in [0.05, 0.1) is 0 Å². The van der Waals surface area contributed by atoms with Crippen LogP contribution in [-0.2, 0) is 0 Å². The quantitative estimate of drug-likeness (QED) is 0.840. The number of hydrogen-bond acceptors (Lipinski definition) is 5. The first kappa shape index (κ1) is 11.7. The van der Waals surface area contributed by atoms with E-state index in [0.29, 0.717) is 6.04 Å². The molecule has 0 spiro atoms. The summed E-state index contributed by atoms with van der Waals surface area (Å²) >= 11 is 0. The van der Waals surface area contributed by atoms with E-state index in [9.17, 15) is 0 Å². The number of nitrogens with one attached hydrogen (secondary N) is 1. The van der Waals surface area contributed by atoms with Gasteiger partial charge in [0.15, 0.2) is 0 Å². The van der Waals surface area contributed by atoms with Crippen molar-refractivity contribution >= 4 is 11.6 Å². The average molecular weight is 247 g/mol. The molecule has 2 fully saturated rings. The standard InChI is InChI=1S/C13H21N5/c1-11-9-14-4-7-18(11)13-8-12(15-10-16-13)17-5-2-3-6-17/h8,10-11,14H,2-7,9H2,1H3/t11-/m0/s1. The number of hydrogen-bond donors (Lipinski definition) is 1. The van der Waals surface area contributed by atoms with E-state index in [2.05, 4.69) is 38.1 Å². The Morgan fingerprint density at radius 3 is 2.72 bits per heavy atom. The van der Waals surface area contributed by atoms with Crippen molar-refractivity contribution in [2.75, 3.05) is 42.5 Å². The predicted octanol–water partition coefficient (Wildman–Crippen LogP) is 0.875. The first-order valence-corrected chi connectivity index (χ1v) is 6.89. The second-order valence-electron chi connectivity index (χ2n) is 5.18. The van der Waals surface area contributed by atoms with Gasteiger partial charge in [-0.3, -0.25) is 0 Å². The summed E-state index contributed by atoms with van der Waals surface area (Å²) in [7, 11) is 0. The molecule has 5 nitrogen and oxygen atoms in total. The van der Waals surface area contributed by atoms with Crippen LogP contribution in [0, 0.1) is 0 Å². The average Bonchev–Trinajstić information content (AvgIpc) is 2.93. The van der Waals surface area contributed by atoms with Crippen molar-refractivity contribution in [2.45, 2.75) is 25.8 Å². The molecule has 0 saturated carbocycles. The van der Waals surface area contributed by atoms with E-state index >= 15 is 0 Å². The van der Waals surface area contributed by atoms with Crippen LogP contribution in [0.3, 0.4) is 0 Å². The van der Waals surface area contributed by atoms with Gasteiger partial charge in [0, 0.05) is 44.8 Å². The molecule has 2 aliphatic rings. The van der Waals surface area contributed by atoms with Crippen molar-refractivity contribution in [3.8, 4) is 0 Å². The molecule has 5 heteroatoms. The van der Waals surface area contributed by atoms with Crippen LogP contribution >= 0.6 is 0 Å². The zero-order valence-corrected chi connectivity index (χ0v) is 11.0. The highest BCUT2D eigenvalue weighted by molar-refractivity contribution is 5.51. The van der Waals surface area contributed by atoms with Crippen molar-refractivity contribution in [3.63, 3.8) is 0 Å². The molecule has 0 unspecified atom stereocenters. The van der Waals surface area contributed by atoms with Crippen molar-refractivity contribution in [1.82, 2.24) is 15.3 Å². The fourth-order valence-corrected chi connectivity index (χ4v) is 2.79. The monoisotopic (exact) mass is 247 g/mol. The van der Waals surface area contributed by atoms with Crippen LogP contribution < -0.4 is 15.1 Å². The van der Waals surface area contributed by atoms with Gasteiger partial charge < -0.3 is 15.1 Å². The Bertz CT molecular complexity index is 402. The van der Waals surface area contributed by atoms with Crippen LogP contribution in [-0.4, -0.2) is 48.7 Å². The van der Waals surface area contributed by atoms with E-state index in [4.69, 9.17) is 0 Å². The van der Waals surface area contributed by atoms with Gasteiger partial charge >= 0.3 is 0 Å².